The molecule has 0 aliphatic carbocycles. The molecule has 0 bridgehead atoms. The molecule has 6 nitrogen and oxygen atoms in total. The molecule has 0 spiro atoms. The maximum absolute atomic E-state index is 11.0. The van der Waals surface area contributed by atoms with Gasteiger partial charge in [0.2, 0.25) is 5.96 Å². The summed E-state index contributed by atoms with van der Waals surface area (Å²) in [6, 6.07) is 4.67. The summed E-state index contributed by atoms with van der Waals surface area (Å²) in [6.07, 6.45) is 3.01. The van der Waals surface area contributed by atoms with Gasteiger partial charge >= 0.3 is 0 Å². The van der Waals surface area contributed by atoms with Gasteiger partial charge in [-0.3, -0.25) is 10.4 Å². The van der Waals surface area contributed by atoms with E-state index in [0.717, 1.165) is 4.42 Å². The first-order chi connectivity index (χ1) is 8.50. The minimum atomic E-state index is -2.05. The van der Waals surface area contributed by atoms with E-state index in [0.29, 0.717) is 16.5 Å². The molecule has 0 radical (unpaired) electrons. The molecule has 0 fully saturated rings. The molecule has 1 unspecified atom stereocenters. The van der Waals surface area contributed by atoms with E-state index in [4.69, 9.17) is 27.5 Å². The first-order valence-corrected chi connectivity index (χ1v) is 6.23. The van der Waals surface area contributed by atoms with Crippen molar-refractivity contribution in [2.45, 2.75) is 4.90 Å². The average molecular weight is 285 g/mol. The minimum absolute atomic E-state index is 0.269. The van der Waals surface area contributed by atoms with Crippen LogP contribution >= 0.6 is 11.8 Å². The topological polar surface area (TPSA) is 103 Å². The van der Waals surface area contributed by atoms with Crippen molar-refractivity contribution in [1.82, 2.24) is 4.98 Å². The molecular formula is C10H9ClN4O2S. The third-order valence-corrected chi connectivity index (χ3v) is 3.36. The molecule has 18 heavy (non-hydrogen) atoms. The number of anilines is 1. The van der Waals surface area contributed by atoms with Crippen molar-refractivity contribution in [3.05, 3.63) is 30.6 Å². The van der Waals surface area contributed by atoms with Crippen molar-refractivity contribution < 1.29 is 8.76 Å². The number of benzene rings is 1. The summed E-state index contributed by atoms with van der Waals surface area (Å²) in [5, 5.41) is 8.60. The molecule has 1 heterocycles. The highest BCUT2D eigenvalue weighted by Gasteiger charge is 2.12. The highest BCUT2D eigenvalue weighted by molar-refractivity contribution is 7.79. The van der Waals surface area contributed by atoms with Crippen LogP contribution in [-0.2, 0) is 11.1 Å². The lowest BCUT2D eigenvalue weighted by Crippen LogP contribution is -2.28. The molecule has 4 N–H and O–H groups in total. The van der Waals surface area contributed by atoms with E-state index in [1.807, 2.05) is 0 Å². The Hall–Kier alpha value is -1.70. The third kappa shape index (κ3) is 2.28. The number of fused-ring (bicyclic) bond motifs is 1. The molecule has 1 aromatic heterocycles. The van der Waals surface area contributed by atoms with E-state index in [1.165, 1.54) is 18.3 Å². The number of hydrogen-bond donors (Lipinski definition) is 3. The van der Waals surface area contributed by atoms with Crippen molar-refractivity contribution >= 4 is 45.3 Å². The van der Waals surface area contributed by atoms with Crippen LogP contribution in [0.4, 0.5) is 5.69 Å². The predicted molar refractivity (Wildman–Crippen MR) is 71.0 cm³/mol. The molecule has 2 aromatic rings. The van der Waals surface area contributed by atoms with E-state index in [9.17, 15) is 4.21 Å². The molecular weight excluding hydrogens is 276 g/mol. The third-order valence-electron chi connectivity index (χ3n) is 2.33. The number of halogens is 1. The van der Waals surface area contributed by atoms with Gasteiger partial charge < -0.3 is 10.3 Å². The van der Waals surface area contributed by atoms with Crippen molar-refractivity contribution in [3.8, 4) is 0 Å². The summed E-state index contributed by atoms with van der Waals surface area (Å²) in [5.74, 6) is -0.333. The Balaban J connectivity index is 2.64. The Morgan fingerprint density at radius 3 is 2.83 bits per heavy atom. The lowest BCUT2D eigenvalue weighted by Gasteiger charge is -2.15. The van der Waals surface area contributed by atoms with Crippen LogP contribution in [-0.4, -0.2) is 19.7 Å². The van der Waals surface area contributed by atoms with Crippen LogP contribution in [0.1, 0.15) is 0 Å². The van der Waals surface area contributed by atoms with E-state index in [1.54, 1.807) is 12.3 Å². The van der Waals surface area contributed by atoms with Crippen LogP contribution in [0.5, 0.6) is 0 Å². The summed E-state index contributed by atoms with van der Waals surface area (Å²) in [5.41, 5.74) is 5.74. The van der Waals surface area contributed by atoms with Crippen LogP contribution in [0.2, 0.25) is 0 Å². The molecule has 1 atom stereocenters. The lowest BCUT2D eigenvalue weighted by molar-refractivity contribution is 0.564. The van der Waals surface area contributed by atoms with Crippen LogP contribution in [0.15, 0.2) is 35.5 Å². The van der Waals surface area contributed by atoms with Crippen molar-refractivity contribution in [2.75, 3.05) is 4.42 Å². The zero-order valence-electron chi connectivity index (χ0n) is 9.00. The maximum atomic E-state index is 11.0. The highest BCUT2D eigenvalue weighted by atomic mass is 35.5. The zero-order valence-corrected chi connectivity index (χ0v) is 10.6. The van der Waals surface area contributed by atoms with Gasteiger partial charge in [0.15, 0.2) is 11.1 Å². The van der Waals surface area contributed by atoms with Crippen molar-refractivity contribution in [1.29, 1.82) is 5.41 Å². The van der Waals surface area contributed by atoms with E-state index in [2.05, 4.69) is 4.98 Å². The Morgan fingerprint density at radius 2 is 2.22 bits per heavy atom. The predicted octanol–water partition coefficient (Wildman–Crippen LogP) is 1.67. The second-order valence-corrected chi connectivity index (χ2v) is 4.76. The van der Waals surface area contributed by atoms with Gasteiger partial charge in [0.1, 0.15) is 0 Å². The average Bonchev–Trinajstić information content (AvgIpc) is 2.36. The molecule has 8 heteroatoms. The SMILES string of the molecule is N=C(N)N(Cl)c1cncc2cc(S(=O)O)ccc12. The fraction of sp³-hybridized carbons (Fsp3) is 0. The smallest absolute Gasteiger partial charge is 0.208 e. The van der Waals surface area contributed by atoms with Gasteiger partial charge in [0.05, 0.1) is 16.8 Å². The minimum Gasteiger partial charge on any atom is -0.369 e. The molecule has 2 rings (SSSR count). The normalized spacial score (nSPS) is 12.3. The number of hydrogen-bond acceptors (Lipinski definition) is 3. The lowest BCUT2D eigenvalue weighted by atomic mass is 10.1. The molecule has 94 valence electrons. The Labute approximate surface area is 110 Å². The van der Waals surface area contributed by atoms with Crippen LogP contribution in [0, 0.1) is 5.41 Å². The number of nitrogens with one attached hydrogen (secondary N) is 1. The van der Waals surface area contributed by atoms with E-state index < -0.39 is 11.1 Å². The number of rotatable bonds is 2. The Morgan fingerprint density at radius 1 is 1.50 bits per heavy atom. The molecule has 0 saturated heterocycles. The largest absolute Gasteiger partial charge is 0.369 e. The van der Waals surface area contributed by atoms with Gasteiger partial charge in [-0.25, -0.2) is 8.63 Å². The first kappa shape index (κ1) is 12.7. The number of pyridine rings is 1. The fourth-order valence-corrected chi connectivity index (χ4v) is 2.08. The van der Waals surface area contributed by atoms with E-state index >= 15 is 0 Å². The standard InChI is InChI=1S/C10H9ClN4O2S/c11-15(10(12)13)9-5-14-4-6-3-7(18(16)17)1-2-8(6)9/h1-5H,(H3,12,13)(H,16,17). The zero-order chi connectivity index (χ0) is 13.3. The number of nitrogens with two attached hydrogens (primary N) is 1. The summed E-state index contributed by atoms with van der Waals surface area (Å²) >= 11 is 3.80. The quantitative estimate of drug-likeness (QED) is 0.337. The van der Waals surface area contributed by atoms with Crippen LogP contribution in [0.25, 0.3) is 10.8 Å². The first-order valence-electron chi connectivity index (χ1n) is 4.79. The summed E-state index contributed by atoms with van der Waals surface area (Å²) < 4.78 is 20.9. The van der Waals surface area contributed by atoms with Gasteiger partial charge in [-0.15, -0.1) is 0 Å². The molecule has 0 saturated carbocycles. The molecule has 0 aliphatic heterocycles. The van der Waals surface area contributed by atoms with E-state index in [-0.39, 0.29) is 10.9 Å². The number of nitrogens with zero attached hydrogens (tertiary/aromatic N) is 2. The van der Waals surface area contributed by atoms with Gasteiger partial charge in [0, 0.05) is 28.7 Å². The van der Waals surface area contributed by atoms with Crippen LogP contribution < -0.4 is 10.2 Å². The monoisotopic (exact) mass is 284 g/mol. The molecule has 0 amide bonds. The maximum Gasteiger partial charge on any atom is 0.208 e. The number of aromatic nitrogens is 1. The Kier molecular flexibility index (Phi) is 3.46. The number of guanidine groups is 1. The van der Waals surface area contributed by atoms with Crippen molar-refractivity contribution in [3.63, 3.8) is 0 Å². The second kappa shape index (κ2) is 4.89. The molecule has 0 aliphatic rings. The van der Waals surface area contributed by atoms with Gasteiger partial charge in [-0.1, -0.05) is 6.07 Å². The molecule has 1 aromatic carbocycles. The highest BCUT2D eigenvalue weighted by Crippen LogP contribution is 2.28. The van der Waals surface area contributed by atoms with Gasteiger partial charge in [-0.2, -0.15) is 0 Å². The van der Waals surface area contributed by atoms with Crippen LogP contribution in [0.3, 0.4) is 0 Å². The summed E-state index contributed by atoms with van der Waals surface area (Å²) in [6.45, 7) is 0. The second-order valence-electron chi connectivity index (χ2n) is 3.46. The Bertz CT molecular complexity index is 649. The summed E-state index contributed by atoms with van der Waals surface area (Å²) in [7, 11) is 0. The summed E-state index contributed by atoms with van der Waals surface area (Å²) in [4.78, 5) is 4.23. The fourth-order valence-electron chi connectivity index (χ4n) is 1.53. The van der Waals surface area contributed by atoms with Gasteiger partial charge in [-0.05, 0) is 12.1 Å². The van der Waals surface area contributed by atoms with Crippen molar-refractivity contribution in [2.24, 2.45) is 5.73 Å². The van der Waals surface area contributed by atoms with Gasteiger partial charge in [0.25, 0.3) is 0 Å².